The summed E-state index contributed by atoms with van der Waals surface area (Å²) in [6.07, 6.45) is 3.61. The molecule has 0 aliphatic carbocycles. The molecule has 0 aliphatic rings. The van der Waals surface area contributed by atoms with Crippen molar-refractivity contribution in [2.45, 2.75) is 19.5 Å². The normalized spacial score (nSPS) is 12.4. The molecule has 1 aromatic carbocycles. The Labute approximate surface area is 101 Å². The highest BCUT2D eigenvalue weighted by Gasteiger charge is 2.04. The van der Waals surface area contributed by atoms with Crippen LogP contribution < -0.4 is 5.32 Å². The van der Waals surface area contributed by atoms with Crippen LogP contribution in [0.1, 0.15) is 24.1 Å². The van der Waals surface area contributed by atoms with E-state index in [1.807, 2.05) is 18.3 Å². The van der Waals surface area contributed by atoms with E-state index in [0.29, 0.717) is 0 Å². The van der Waals surface area contributed by atoms with E-state index in [1.54, 1.807) is 18.3 Å². The molecule has 0 aliphatic heterocycles. The van der Waals surface area contributed by atoms with Gasteiger partial charge in [-0.1, -0.05) is 18.2 Å². The highest BCUT2D eigenvalue weighted by molar-refractivity contribution is 5.17. The van der Waals surface area contributed by atoms with Crippen LogP contribution in [0.5, 0.6) is 0 Å². The van der Waals surface area contributed by atoms with E-state index >= 15 is 0 Å². The maximum absolute atomic E-state index is 12.7. The molecule has 0 fully saturated rings. The van der Waals surface area contributed by atoms with Gasteiger partial charge in [-0.2, -0.15) is 0 Å². The number of pyridine rings is 1. The summed E-state index contributed by atoms with van der Waals surface area (Å²) in [4.78, 5) is 4.08. The highest BCUT2D eigenvalue weighted by atomic mass is 19.1. The van der Waals surface area contributed by atoms with Gasteiger partial charge in [0, 0.05) is 25.0 Å². The first-order valence-corrected chi connectivity index (χ1v) is 5.63. The van der Waals surface area contributed by atoms with Gasteiger partial charge in [-0.15, -0.1) is 0 Å². The molecule has 1 aromatic heterocycles. The zero-order valence-corrected chi connectivity index (χ0v) is 9.73. The lowest BCUT2D eigenvalue weighted by Gasteiger charge is -2.13. The Bertz CT molecular complexity index is 453. The van der Waals surface area contributed by atoms with Crippen LogP contribution >= 0.6 is 0 Å². The fourth-order valence-corrected chi connectivity index (χ4v) is 1.62. The maximum atomic E-state index is 12.7. The Hall–Kier alpha value is -1.74. The van der Waals surface area contributed by atoms with Gasteiger partial charge in [0.05, 0.1) is 0 Å². The molecule has 2 rings (SSSR count). The molecule has 17 heavy (non-hydrogen) atoms. The summed E-state index contributed by atoms with van der Waals surface area (Å²) in [5.41, 5.74) is 2.22. The van der Waals surface area contributed by atoms with E-state index < -0.39 is 0 Å². The van der Waals surface area contributed by atoms with Crippen molar-refractivity contribution in [1.29, 1.82) is 0 Å². The van der Waals surface area contributed by atoms with Crippen molar-refractivity contribution in [3.8, 4) is 0 Å². The van der Waals surface area contributed by atoms with E-state index in [-0.39, 0.29) is 11.9 Å². The molecule has 2 aromatic rings. The fourth-order valence-electron chi connectivity index (χ4n) is 1.62. The van der Waals surface area contributed by atoms with Crippen molar-refractivity contribution in [1.82, 2.24) is 10.3 Å². The zero-order chi connectivity index (χ0) is 12.1. The van der Waals surface area contributed by atoms with Crippen molar-refractivity contribution in [3.05, 3.63) is 65.7 Å². The van der Waals surface area contributed by atoms with Crippen LogP contribution in [0.2, 0.25) is 0 Å². The van der Waals surface area contributed by atoms with Crippen LogP contribution in [0.3, 0.4) is 0 Å². The molecule has 0 spiro atoms. The number of benzene rings is 1. The van der Waals surface area contributed by atoms with Crippen molar-refractivity contribution in [3.63, 3.8) is 0 Å². The van der Waals surface area contributed by atoms with Gasteiger partial charge in [0.2, 0.25) is 0 Å². The molecule has 0 amide bonds. The zero-order valence-electron chi connectivity index (χ0n) is 9.73. The third kappa shape index (κ3) is 3.36. The van der Waals surface area contributed by atoms with Crippen molar-refractivity contribution in [2.24, 2.45) is 0 Å². The van der Waals surface area contributed by atoms with E-state index in [0.717, 1.165) is 17.7 Å². The predicted molar refractivity (Wildman–Crippen MR) is 65.9 cm³/mol. The molecule has 1 atom stereocenters. The molecule has 1 N–H and O–H groups in total. The fraction of sp³-hybridized carbons (Fsp3) is 0.214. The van der Waals surface area contributed by atoms with Gasteiger partial charge >= 0.3 is 0 Å². The molecule has 88 valence electrons. The van der Waals surface area contributed by atoms with Gasteiger partial charge in [-0.3, -0.25) is 4.98 Å². The molecule has 0 saturated heterocycles. The first kappa shape index (κ1) is 11.7. The Morgan fingerprint density at radius 2 is 2.00 bits per heavy atom. The van der Waals surface area contributed by atoms with Gasteiger partial charge in [0.25, 0.3) is 0 Å². The third-order valence-electron chi connectivity index (χ3n) is 2.71. The Balaban J connectivity index is 1.92. The predicted octanol–water partition coefficient (Wildman–Crippen LogP) is 3.07. The Kier molecular flexibility index (Phi) is 3.83. The number of aromatic nitrogens is 1. The summed E-state index contributed by atoms with van der Waals surface area (Å²) >= 11 is 0. The average Bonchev–Trinajstić information content (AvgIpc) is 2.39. The van der Waals surface area contributed by atoms with Crippen LogP contribution in [-0.2, 0) is 6.54 Å². The monoisotopic (exact) mass is 230 g/mol. The smallest absolute Gasteiger partial charge is 0.123 e. The first-order valence-electron chi connectivity index (χ1n) is 5.63. The lowest BCUT2D eigenvalue weighted by atomic mass is 10.1. The standard InChI is InChI=1S/C14H15FN2/c1-11(13-3-2-8-16-10-13)17-9-12-4-6-14(15)7-5-12/h2-8,10-11,17H,9H2,1H3/t11-/m0/s1. The van der Waals surface area contributed by atoms with Crippen LogP contribution in [0.15, 0.2) is 48.8 Å². The molecule has 0 unspecified atom stereocenters. The maximum Gasteiger partial charge on any atom is 0.123 e. The topological polar surface area (TPSA) is 24.9 Å². The van der Waals surface area contributed by atoms with Crippen LogP contribution in [0.25, 0.3) is 0 Å². The summed E-state index contributed by atoms with van der Waals surface area (Å²) < 4.78 is 12.7. The lowest BCUT2D eigenvalue weighted by molar-refractivity contribution is 0.571. The lowest BCUT2D eigenvalue weighted by Crippen LogP contribution is -2.18. The number of nitrogens with one attached hydrogen (secondary N) is 1. The summed E-state index contributed by atoms with van der Waals surface area (Å²) in [6, 6.07) is 10.7. The van der Waals surface area contributed by atoms with E-state index in [2.05, 4.69) is 17.2 Å². The van der Waals surface area contributed by atoms with E-state index in [9.17, 15) is 4.39 Å². The molecule has 0 bridgehead atoms. The van der Waals surface area contributed by atoms with Crippen LogP contribution in [-0.4, -0.2) is 4.98 Å². The molecule has 2 nitrogen and oxygen atoms in total. The number of hydrogen-bond acceptors (Lipinski definition) is 2. The van der Waals surface area contributed by atoms with Crippen LogP contribution in [0.4, 0.5) is 4.39 Å². The first-order chi connectivity index (χ1) is 8.25. The van der Waals surface area contributed by atoms with Gasteiger partial charge in [-0.25, -0.2) is 4.39 Å². The van der Waals surface area contributed by atoms with Gasteiger partial charge in [0.1, 0.15) is 5.82 Å². The number of rotatable bonds is 4. The Morgan fingerprint density at radius 3 is 2.65 bits per heavy atom. The van der Waals surface area contributed by atoms with Crippen molar-refractivity contribution >= 4 is 0 Å². The van der Waals surface area contributed by atoms with Gasteiger partial charge < -0.3 is 5.32 Å². The van der Waals surface area contributed by atoms with Gasteiger partial charge in [0.15, 0.2) is 0 Å². The molecule has 3 heteroatoms. The third-order valence-corrected chi connectivity index (χ3v) is 2.71. The number of hydrogen-bond donors (Lipinski definition) is 1. The molecular formula is C14H15FN2. The minimum absolute atomic E-state index is 0.200. The SMILES string of the molecule is C[C@H](NCc1ccc(F)cc1)c1cccnc1. The van der Waals surface area contributed by atoms with Crippen molar-refractivity contribution in [2.75, 3.05) is 0 Å². The largest absolute Gasteiger partial charge is 0.306 e. The minimum atomic E-state index is -0.200. The second-order valence-corrected chi connectivity index (χ2v) is 4.02. The highest BCUT2D eigenvalue weighted by Crippen LogP contribution is 2.11. The summed E-state index contributed by atoms with van der Waals surface area (Å²) in [5.74, 6) is -0.200. The number of halogens is 1. The molecular weight excluding hydrogens is 215 g/mol. The summed E-state index contributed by atoms with van der Waals surface area (Å²) in [7, 11) is 0. The van der Waals surface area contributed by atoms with E-state index in [1.165, 1.54) is 12.1 Å². The molecule has 0 radical (unpaired) electrons. The van der Waals surface area contributed by atoms with Crippen molar-refractivity contribution < 1.29 is 4.39 Å². The minimum Gasteiger partial charge on any atom is -0.306 e. The average molecular weight is 230 g/mol. The summed E-state index contributed by atoms with van der Waals surface area (Å²) in [5, 5.41) is 3.37. The number of nitrogens with zero attached hydrogens (tertiary/aromatic N) is 1. The van der Waals surface area contributed by atoms with E-state index in [4.69, 9.17) is 0 Å². The van der Waals surface area contributed by atoms with Gasteiger partial charge in [-0.05, 0) is 36.2 Å². The second kappa shape index (κ2) is 5.55. The van der Waals surface area contributed by atoms with Crippen LogP contribution in [0, 0.1) is 5.82 Å². The molecule has 1 heterocycles. The second-order valence-electron chi connectivity index (χ2n) is 4.02. The molecule has 0 saturated carbocycles. The summed E-state index contributed by atoms with van der Waals surface area (Å²) in [6.45, 7) is 2.80. The Morgan fingerprint density at radius 1 is 1.24 bits per heavy atom. The quantitative estimate of drug-likeness (QED) is 0.873.